The van der Waals surface area contributed by atoms with E-state index in [1.807, 2.05) is 38.1 Å². The largest absolute Gasteiger partial charge is 0.491 e. The van der Waals surface area contributed by atoms with Gasteiger partial charge in [0.1, 0.15) is 30.0 Å². The van der Waals surface area contributed by atoms with Crippen molar-refractivity contribution in [2.24, 2.45) is 5.92 Å². The third kappa shape index (κ3) is 5.35. The van der Waals surface area contributed by atoms with Crippen molar-refractivity contribution in [1.82, 2.24) is 25.3 Å². The quantitative estimate of drug-likeness (QED) is 0.477. The molecule has 2 bridgehead atoms. The van der Waals surface area contributed by atoms with Crippen LogP contribution >= 0.6 is 0 Å². The Kier molecular flexibility index (Phi) is 7.46. The van der Waals surface area contributed by atoms with E-state index in [4.69, 9.17) is 19.2 Å². The number of fused-ring (bicyclic) bond motifs is 4. The Bertz CT molecular complexity index is 1230. The fraction of sp³-hybridized carbons (Fsp3) is 0.536. The zero-order valence-corrected chi connectivity index (χ0v) is 22.5. The summed E-state index contributed by atoms with van der Waals surface area (Å²) in [6, 6.07) is 8.20. The summed E-state index contributed by atoms with van der Waals surface area (Å²) in [5.74, 6) is 3.69. The molecule has 0 amide bonds. The van der Waals surface area contributed by atoms with Crippen LogP contribution in [0.1, 0.15) is 29.9 Å². The van der Waals surface area contributed by atoms with E-state index in [-0.39, 0.29) is 6.61 Å². The summed E-state index contributed by atoms with van der Waals surface area (Å²) in [6.45, 7) is 9.85. The molecule has 37 heavy (non-hydrogen) atoms. The number of aliphatic hydroxyl groups excluding tert-OH is 1. The maximum absolute atomic E-state index is 10.1. The maximum atomic E-state index is 10.1. The molecule has 3 aliphatic heterocycles. The molecular weight excluding hydrogens is 468 g/mol. The Hall–Kier alpha value is -3.01. The number of hydrogen-bond donors (Lipinski definition) is 2. The Morgan fingerprint density at radius 3 is 2.76 bits per heavy atom. The molecule has 5 heterocycles. The van der Waals surface area contributed by atoms with E-state index >= 15 is 0 Å². The summed E-state index contributed by atoms with van der Waals surface area (Å²) in [6.07, 6.45) is 1.85. The summed E-state index contributed by atoms with van der Waals surface area (Å²) >= 11 is 0. The number of benzene rings is 1. The number of hydrogen-bond acceptors (Lipinski definition) is 9. The van der Waals surface area contributed by atoms with Gasteiger partial charge in [0, 0.05) is 43.3 Å². The van der Waals surface area contributed by atoms with Crippen molar-refractivity contribution >= 4 is 5.82 Å². The molecule has 1 aromatic carbocycles. The third-order valence-corrected chi connectivity index (χ3v) is 7.53. The van der Waals surface area contributed by atoms with E-state index < -0.39 is 6.10 Å². The molecule has 2 aromatic heterocycles. The number of aliphatic hydroxyl groups is 1. The highest BCUT2D eigenvalue weighted by Crippen LogP contribution is 2.38. The molecule has 3 saturated heterocycles. The highest BCUT2D eigenvalue weighted by molar-refractivity contribution is 5.75. The zero-order valence-electron chi connectivity index (χ0n) is 22.5. The lowest BCUT2D eigenvalue weighted by atomic mass is 9.94. The van der Waals surface area contributed by atoms with Gasteiger partial charge < -0.3 is 29.5 Å². The van der Waals surface area contributed by atoms with Crippen LogP contribution in [0.4, 0.5) is 5.82 Å². The lowest BCUT2D eigenvalue weighted by Gasteiger charge is -2.38. The second-order valence-electron chi connectivity index (χ2n) is 10.6. The minimum Gasteiger partial charge on any atom is -0.491 e. The first-order valence-electron chi connectivity index (χ1n) is 13.2. The predicted octanol–water partition coefficient (Wildman–Crippen LogP) is 3.21. The number of piperidine rings is 1. The molecule has 9 heteroatoms. The van der Waals surface area contributed by atoms with Crippen molar-refractivity contribution in [2.45, 2.75) is 45.8 Å². The smallest absolute Gasteiger partial charge is 0.162 e. The minimum atomic E-state index is -0.585. The SMILES string of the molecule is CNCC(O)COc1cccc(-c2nc(-c3c(C)noc3C)c(C)c(N3C[C@H]4CC[C@H]3CN(C)C4)n2)c1. The average Bonchev–Trinajstić information content (AvgIpc) is 3.02. The van der Waals surface area contributed by atoms with Crippen molar-refractivity contribution in [1.29, 1.82) is 0 Å². The van der Waals surface area contributed by atoms with Gasteiger partial charge in [0.25, 0.3) is 0 Å². The molecule has 3 aromatic rings. The van der Waals surface area contributed by atoms with Gasteiger partial charge >= 0.3 is 0 Å². The third-order valence-electron chi connectivity index (χ3n) is 7.53. The van der Waals surface area contributed by atoms with Gasteiger partial charge in [0.05, 0.1) is 17.0 Å². The molecule has 0 saturated carbocycles. The second kappa shape index (κ2) is 10.8. The number of aromatic nitrogens is 3. The van der Waals surface area contributed by atoms with E-state index in [0.717, 1.165) is 59.3 Å². The molecule has 1 unspecified atom stereocenters. The number of nitrogens with one attached hydrogen (secondary N) is 1. The first kappa shape index (κ1) is 25.6. The maximum Gasteiger partial charge on any atom is 0.162 e. The lowest BCUT2D eigenvalue weighted by Crippen LogP contribution is -2.44. The summed E-state index contributed by atoms with van der Waals surface area (Å²) in [7, 11) is 4.03. The molecule has 3 fully saturated rings. The van der Waals surface area contributed by atoms with Gasteiger partial charge in [-0.15, -0.1) is 0 Å². The Morgan fingerprint density at radius 2 is 2.00 bits per heavy atom. The molecule has 6 rings (SSSR count). The molecule has 0 radical (unpaired) electrons. The Labute approximate surface area is 218 Å². The second-order valence-corrected chi connectivity index (χ2v) is 10.6. The van der Waals surface area contributed by atoms with E-state index in [1.165, 1.54) is 12.8 Å². The van der Waals surface area contributed by atoms with E-state index in [2.05, 4.69) is 34.2 Å². The number of aryl methyl sites for hydroxylation is 2. The fourth-order valence-electron chi connectivity index (χ4n) is 5.77. The summed E-state index contributed by atoms with van der Waals surface area (Å²) in [4.78, 5) is 15.2. The van der Waals surface area contributed by atoms with E-state index in [1.54, 1.807) is 7.05 Å². The van der Waals surface area contributed by atoms with Gasteiger partial charge in [0.2, 0.25) is 0 Å². The Morgan fingerprint density at radius 1 is 1.16 bits per heavy atom. The van der Waals surface area contributed by atoms with Crippen LogP contribution in [0, 0.1) is 26.7 Å². The minimum absolute atomic E-state index is 0.207. The highest BCUT2D eigenvalue weighted by Gasteiger charge is 2.36. The summed E-state index contributed by atoms with van der Waals surface area (Å²) < 4.78 is 11.4. The number of anilines is 1. The molecule has 9 nitrogen and oxygen atoms in total. The zero-order chi connectivity index (χ0) is 26.1. The fourth-order valence-corrected chi connectivity index (χ4v) is 5.77. The van der Waals surface area contributed by atoms with Crippen LogP contribution in [-0.4, -0.2) is 84.2 Å². The van der Waals surface area contributed by atoms with Crippen LogP contribution in [0.3, 0.4) is 0 Å². The first-order valence-corrected chi connectivity index (χ1v) is 13.2. The highest BCUT2D eigenvalue weighted by atomic mass is 16.5. The first-order chi connectivity index (χ1) is 17.8. The van der Waals surface area contributed by atoms with Crippen LogP contribution in [0.15, 0.2) is 28.8 Å². The predicted molar refractivity (Wildman–Crippen MR) is 144 cm³/mol. The van der Waals surface area contributed by atoms with Gasteiger partial charge in [-0.1, -0.05) is 17.3 Å². The van der Waals surface area contributed by atoms with Crippen LogP contribution in [-0.2, 0) is 0 Å². The molecule has 3 aliphatic rings. The van der Waals surface area contributed by atoms with Crippen LogP contribution in [0.5, 0.6) is 5.75 Å². The van der Waals surface area contributed by atoms with Crippen molar-refractivity contribution < 1.29 is 14.4 Å². The number of nitrogens with zero attached hydrogens (tertiary/aromatic N) is 5. The number of ether oxygens (including phenoxy) is 1. The average molecular weight is 507 g/mol. The van der Waals surface area contributed by atoms with Crippen LogP contribution in [0.25, 0.3) is 22.6 Å². The molecule has 198 valence electrons. The number of rotatable bonds is 8. The molecule has 2 N–H and O–H groups in total. The van der Waals surface area contributed by atoms with Crippen molar-refractivity contribution in [2.75, 3.05) is 51.8 Å². The van der Waals surface area contributed by atoms with Crippen molar-refractivity contribution in [3.63, 3.8) is 0 Å². The summed E-state index contributed by atoms with van der Waals surface area (Å²) in [5, 5.41) is 17.2. The van der Waals surface area contributed by atoms with Crippen molar-refractivity contribution in [3.8, 4) is 28.4 Å². The lowest BCUT2D eigenvalue weighted by molar-refractivity contribution is 0.108. The van der Waals surface area contributed by atoms with Gasteiger partial charge in [-0.05, 0) is 65.8 Å². The Balaban J connectivity index is 1.58. The van der Waals surface area contributed by atoms with E-state index in [9.17, 15) is 5.11 Å². The standard InChI is InChI=1S/C28H38N6O3/c1-17-26(25-18(2)32-37-19(25)3)30-27(21-7-6-8-24(11-21)36-16-23(35)12-29-4)31-28(17)34-14-20-9-10-22(34)15-33(5)13-20/h6-8,11,20,22-23,29,35H,9-10,12-16H2,1-5H3/t20-,22-,23?/m0/s1. The van der Waals surface area contributed by atoms with E-state index in [0.29, 0.717) is 30.1 Å². The van der Waals surface area contributed by atoms with Gasteiger partial charge in [-0.2, -0.15) is 0 Å². The molecule has 0 spiro atoms. The van der Waals surface area contributed by atoms with Crippen LogP contribution in [0.2, 0.25) is 0 Å². The van der Waals surface area contributed by atoms with Crippen molar-refractivity contribution in [3.05, 3.63) is 41.3 Å². The normalized spacial score (nSPS) is 20.8. The topological polar surface area (TPSA) is 99.8 Å². The van der Waals surface area contributed by atoms with Gasteiger partial charge in [-0.3, -0.25) is 0 Å². The molecule has 0 aliphatic carbocycles. The monoisotopic (exact) mass is 506 g/mol. The van der Waals surface area contributed by atoms with Gasteiger partial charge in [-0.25, -0.2) is 9.97 Å². The van der Waals surface area contributed by atoms with Crippen LogP contribution < -0.4 is 15.0 Å². The van der Waals surface area contributed by atoms with Gasteiger partial charge in [0.15, 0.2) is 5.82 Å². The number of likely N-dealkylation sites (N-methyl/N-ethyl adjacent to an activating group) is 2. The summed E-state index contributed by atoms with van der Waals surface area (Å²) in [5.41, 5.74) is 4.54. The molecule has 3 atom stereocenters. The molecular formula is C28H38N6O3.